The Kier molecular flexibility index (Phi) is 5.37. The summed E-state index contributed by atoms with van der Waals surface area (Å²) >= 11 is 0. The van der Waals surface area contributed by atoms with Crippen LogP contribution in [0.3, 0.4) is 0 Å². The fourth-order valence-corrected chi connectivity index (χ4v) is 3.02. The Morgan fingerprint density at radius 3 is 2.69 bits per heavy atom. The molecule has 1 aliphatic rings. The van der Waals surface area contributed by atoms with E-state index < -0.39 is 0 Å². The second-order valence-electron chi connectivity index (χ2n) is 6.44. The maximum absolute atomic E-state index is 11.9. The molecule has 0 fully saturated rings. The minimum absolute atomic E-state index is 0.194. The molecule has 134 valence electrons. The van der Waals surface area contributed by atoms with E-state index in [1.54, 1.807) is 12.1 Å². The van der Waals surface area contributed by atoms with E-state index in [4.69, 9.17) is 0 Å². The summed E-state index contributed by atoms with van der Waals surface area (Å²) in [6.45, 7) is 0.516. The summed E-state index contributed by atoms with van der Waals surface area (Å²) in [5.41, 5.74) is 4.13. The largest absolute Gasteiger partial charge is 0.504 e. The molecule has 0 saturated heterocycles. The summed E-state index contributed by atoms with van der Waals surface area (Å²) < 4.78 is 0. The predicted octanol–water partition coefficient (Wildman–Crippen LogP) is 2.53. The second kappa shape index (κ2) is 7.87. The molecule has 1 aliphatic carbocycles. The summed E-state index contributed by atoms with van der Waals surface area (Å²) in [5, 5.41) is 21.5. The number of hydrogen-bond acceptors (Lipinski definition) is 4. The van der Waals surface area contributed by atoms with Gasteiger partial charge in [-0.15, -0.1) is 0 Å². The third-order valence-corrected chi connectivity index (χ3v) is 4.47. The molecule has 5 nitrogen and oxygen atoms in total. The van der Waals surface area contributed by atoms with Crippen molar-refractivity contribution in [3.05, 3.63) is 64.7 Å². The molecule has 2 aromatic carbocycles. The van der Waals surface area contributed by atoms with E-state index in [1.807, 2.05) is 12.1 Å². The van der Waals surface area contributed by atoms with Crippen molar-refractivity contribution in [2.24, 2.45) is 0 Å². The van der Waals surface area contributed by atoms with E-state index in [2.05, 4.69) is 11.4 Å². The molecule has 0 bridgehead atoms. The lowest BCUT2D eigenvalue weighted by atomic mass is 9.89. The molecule has 0 radical (unpaired) electrons. The Morgan fingerprint density at radius 2 is 1.88 bits per heavy atom. The molecule has 26 heavy (non-hydrogen) atoms. The van der Waals surface area contributed by atoms with Crippen LogP contribution >= 0.6 is 0 Å². The van der Waals surface area contributed by atoms with Gasteiger partial charge in [0.05, 0.1) is 0 Å². The van der Waals surface area contributed by atoms with Crippen LogP contribution in [-0.2, 0) is 28.9 Å². The summed E-state index contributed by atoms with van der Waals surface area (Å²) in [5.74, 6) is -0.338. The highest BCUT2D eigenvalue weighted by molar-refractivity contribution is 5.91. The number of aromatic hydroxyl groups is 2. The SMILES string of the molecule is O=C1CCc2cc(CCNC(=O)/C=C/c3ccc(O)c(O)c3)ccc2C1. The number of ketones is 1. The van der Waals surface area contributed by atoms with Gasteiger partial charge in [0.25, 0.3) is 0 Å². The molecule has 0 unspecified atom stereocenters. The molecule has 0 saturated carbocycles. The number of phenolic OH excluding ortho intramolecular Hbond substituents is 2. The lowest BCUT2D eigenvalue weighted by molar-refractivity contribution is -0.119. The van der Waals surface area contributed by atoms with Crippen LogP contribution < -0.4 is 5.32 Å². The van der Waals surface area contributed by atoms with E-state index in [0.29, 0.717) is 30.7 Å². The first-order valence-corrected chi connectivity index (χ1v) is 8.61. The predicted molar refractivity (Wildman–Crippen MR) is 99.0 cm³/mol. The molecule has 3 N–H and O–H groups in total. The van der Waals surface area contributed by atoms with E-state index in [1.165, 1.54) is 23.8 Å². The number of amides is 1. The van der Waals surface area contributed by atoms with E-state index in [-0.39, 0.29) is 17.4 Å². The van der Waals surface area contributed by atoms with Crippen molar-refractivity contribution in [1.82, 2.24) is 5.32 Å². The maximum atomic E-state index is 11.9. The minimum atomic E-state index is -0.221. The second-order valence-corrected chi connectivity index (χ2v) is 6.44. The van der Waals surface area contributed by atoms with Crippen molar-refractivity contribution in [1.29, 1.82) is 0 Å². The molecular formula is C21H21NO4. The molecular weight excluding hydrogens is 330 g/mol. The summed E-state index contributed by atoms with van der Waals surface area (Å²) in [7, 11) is 0. The van der Waals surface area contributed by atoms with Gasteiger partial charge in [-0.2, -0.15) is 0 Å². The summed E-state index contributed by atoms with van der Waals surface area (Å²) in [6, 6.07) is 10.5. The van der Waals surface area contributed by atoms with E-state index in [0.717, 1.165) is 24.0 Å². The molecule has 0 atom stereocenters. The number of rotatable bonds is 5. The van der Waals surface area contributed by atoms with Crippen LogP contribution in [-0.4, -0.2) is 28.4 Å². The van der Waals surface area contributed by atoms with Gasteiger partial charge in [0, 0.05) is 25.5 Å². The molecule has 2 aromatic rings. The fraction of sp³-hybridized carbons (Fsp3) is 0.238. The molecule has 0 spiro atoms. The van der Waals surface area contributed by atoms with Crippen LogP contribution in [0.2, 0.25) is 0 Å². The van der Waals surface area contributed by atoms with E-state index >= 15 is 0 Å². The minimum Gasteiger partial charge on any atom is -0.504 e. The Morgan fingerprint density at radius 1 is 1.04 bits per heavy atom. The summed E-state index contributed by atoms with van der Waals surface area (Å²) in [4.78, 5) is 23.4. The van der Waals surface area contributed by atoms with Crippen LogP contribution in [0.5, 0.6) is 11.5 Å². The van der Waals surface area contributed by atoms with Gasteiger partial charge in [0.15, 0.2) is 11.5 Å². The average Bonchev–Trinajstić information content (AvgIpc) is 2.63. The Balaban J connectivity index is 1.50. The van der Waals surface area contributed by atoms with Gasteiger partial charge in [0.2, 0.25) is 5.91 Å². The van der Waals surface area contributed by atoms with Crippen LogP contribution in [0.15, 0.2) is 42.5 Å². The lowest BCUT2D eigenvalue weighted by Crippen LogP contribution is -2.23. The number of phenols is 2. The molecule has 0 aliphatic heterocycles. The Hall–Kier alpha value is -3.08. The highest BCUT2D eigenvalue weighted by Crippen LogP contribution is 2.25. The van der Waals surface area contributed by atoms with Crippen LogP contribution in [0.1, 0.15) is 28.7 Å². The van der Waals surface area contributed by atoms with Gasteiger partial charge in [-0.1, -0.05) is 24.3 Å². The van der Waals surface area contributed by atoms with Crippen molar-refractivity contribution in [3.8, 4) is 11.5 Å². The molecule has 1 amide bonds. The standard InChI is InChI=1S/C21H21NO4/c23-18-6-5-16-11-15(1-4-17(16)13-18)9-10-22-21(26)8-3-14-2-7-19(24)20(25)12-14/h1-4,7-8,11-12,24-25H,5-6,9-10,13H2,(H,22,26)/b8-3+. The molecule has 5 heteroatoms. The molecule has 0 heterocycles. The third-order valence-electron chi connectivity index (χ3n) is 4.47. The lowest BCUT2D eigenvalue weighted by Gasteiger charge is -2.16. The number of carbonyl (C=O) groups excluding carboxylic acids is 2. The van der Waals surface area contributed by atoms with Crippen molar-refractivity contribution in [3.63, 3.8) is 0 Å². The zero-order valence-electron chi connectivity index (χ0n) is 14.4. The summed E-state index contributed by atoms with van der Waals surface area (Å²) in [6.07, 6.45) is 5.64. The van der Waals surface area contributed by atoms with Gasteiger partial charge in [-0.25, -0.2) is 0 Å². The average molecular weight is 351 g/mol. The Labute approximate surface area is 152 Å². The maximum Gasteiger partial charge on any atom is 0.244 e. The zero-order chi connectivity index (χ0) is 18.5. The first-order valence-electron chi connectivity index (χ1n) is 8.61. The van der Waals surface area contributed by atoms with Gasteiger partial charge < -0.3 is 15.5 Å². The van der Waals surface area contributed by atoms with Crippen molar-refractivity contribution < 1.29 is 19.8 Å². The van der Waals surface area contributed by atoms with Crippen molar-refractivity contribution in [2.75, 3.05) is 6.54 Å². The van der Waals surface area contributed by atoms with Crippen molar-refractivity contribution in [2.45, 2.75) is 25.7 Å². The van der Waals surface area contributed by atoms with Crippen LogP contribution in [0.25, 0.3) is 6.08 Å². The first kappa shape index (κ1) is 17.7. The van der Waals surface area contributed by atoms with Crippen LogP contribution in [0.4, 0.5) is 0 Å². The highest BCUT2D eigenvalue weighted by atomic mass is 16.3. The monoisotopic (exact) mass is 351 g/mol. The van der Waals surface area contributed by atoms with E-state index in [9.17, 15) is 19.8 Å². The smallest absolute Gasteiger partial charge is 0.244 e. The van der Waals surface area contributed by atoms with Crippen LogP contribution in [0, 0.1) is 0 Å². The fourth-order valence-electron chi connectivity index (χ4n) is 3.02. The van der Waals surface area contributed by atoms with Gasteiger partial charge in [-0.3, -0.25) is 9.59 Å². The normalized spacial score (nSPS) is 13.6. The topological polar surface area (TPSA) is 86.6 Å². The van der Waals surface area contributed by atoms with Crippen molar-refractivity contribution >= 4 is 17.8 Å². The van der Waals surface area contributed by atoms with Gasteiger partial charge in [0.1, 0.15) is 5.78 Å². The number of fused-ring (bicyclic) bond motifs is 1. The number of aryl methyl sites for hydroxylation is 1. The Bertz CT molecular complexity index is 870. The first-order chi connectivity index (χ1) is 12.5. The number of benzene rings is 2. The molecule has 3 rings (SSSR count). The highest BCUT2D eigenvalue weighted by Gasteiger charge is 2.15. The van der Waals surface area contributed by atoms with Gasteiger partial charge >= 0.3 is 0 Å². The zero-order valence-corrected chi connectivity index (χ0v) is 14.4. The quantitative estimate of drug-likeness (QED) is 0.571. The number of Topliss-reactive ketones (excluding diaryl/α,β-unsaturated/α-hetero) is 1. The van der Waals surface area contributed by atoms with Gasteiger partial charge in [-0.05, 0) is 53.3 Å². The number of nitrogens with one attached hydrogen (secondary N) is 1. The number of carbonyl (C=O) groups is 2. The third kappa shape index (κ3) is 4.51. The molecule has 0 aromatic heterocycles. The number of hydrogen-bond donors (Lipinski definition) is 3.